The number of hydrogen-bond acceptors (Lipinski definition) is 3. The number of nitrogens with zero attached hydrogens (tertiary/aromatic N) is 1. The van der Waals surface area contributed by atoms with Gasteiger partial charge < -0.3 is 10.5 Å². The van der Waals surface area contributed by atoms with E-state index in [4.69, 9.17) is 10.5 Å². The highest BCUT2D eigenvalue weighted by atomic mass is 19.1. The summed E-state index contributed by atoms with van der Waals surface area (Å²) in [6, 6.07) is 9.84. The van der Waals surface area contributed by atoms with Crippen LogP contribution in [0.15, 0.2) is 42.6 Å². The number of halogens is 1. The van der Waals surface area contributed by atoms with Crippen molar-refractivity contribution >= 4 is 0 Å². The molecule has 19 heavy (non-hydrogen) atoms. The van der Waals surface area contributed by atoms with Crippen LogP contribution in [0.2, 0.25) is 0 Å². The Morgan fingerprint density at radius 1 is 1.32 bits per heavy atom. The first-order valence-electron chi connectivity index (χ1n) is 6.32. The highest BCUT2D eigenvalue weighted by Gasteiger charge is 2.09. The quantitative estimate of drug-likeness (QED) is 0.897. The molecule has 0 aliphatic rings. The molecule has 2 aromatic rings. The maximum absolute atomic E-state index is 13.1. The van der Waals surface area contributed by atoms with Crippen molar-refractivity contribution in [2.45, 2.75) is 25.8 Å². The van der Waals surface area contributed by atoms with Gasteiger partial charge in [-0.05, 0) is 31.0 Å². The van der Waals surface area contributed by atoms with Crippen LogP contribution in [0.4, 0.5) is 4.39 Å². The van der Waals surface area contributed by atoms with E-state index in [1.165, 1.54) is 12.1 Å². The Labute approximate surface area is 112 Å². The largest absolute Gasteiger partial charge is 0.439 e. The molecule has 2 N–H and O–H groups in total. The van der Waals surface area contributed by atoms with Crippen molar-refractivity contribution in [2.75, 3.05) is 0 Å². The maximum Gasteiger partial charge on any atom is 0.222 e. The number of nitrogens with two attached hydrogens (primary N) is 1. The van der Waals surface area contributed by atoms with Gasteiger partial charge in [0, 0.05) is 23.9 Å². The SMILES string of the molecule is CCC(N)Cc1cccnc1Oc1cccc(F)c1. The second kappa shape index (κ2) is 6.29. The minimum Gasteiger partial charge on any atom is -0.439 e. The van der Waals surface area contributed by atoms with Crippen LogP contribution in [0.3, 0.4) is 0 Å². The molecule has 1 atom stereocenters. The van der Waals surface area contributed by atoms with Gasteiger partial charge in [-0.25, -0.2) is 9.37 Å². The summed E-state index contributed by atoms with van der Waals surface area (Å²) in [6.45, 7) is 2.04. The molecule has 0 radical (unpaired) electrons. The molecule has 1 unspecified atom stereocenters. The molecule has 0 fully saturated rings. The summed E-state index contributed by atoms with van der Waals surface area (Å²) in [7, 11) is 0. The number of benzene rings is 1. The zero-order chi connectivity index (χ0) is 13.7. The lowest BCUT2D eigenvalue weighted by Gasteiger charge is -2.12. The highest BCUT2D eigenvalue weighted by molar-refractivity contribution is 5.32. The van der Waals surface area contributed by atoms with Crippen LogP contribution < -0.4 is 10.5 Å². The van der Waals surface area contributed by atoms with Gasteiger partial charge >= 0.3 is 0 Å². The molecule has 0 spiro atoms. The average molecular weight is 260 g/mol. The number of aromatic nitrogens is 1. The summed E-state index contributed by atoms with van der Waals surface area (Å²) in [5.74, 6) is 0.585. The van der Waals surface area contributed by atoms with Crippen molar-refractivity contribution < 1.29 is 9.13 Å². The first kappa shape index (κ1) is 13.5. The van der Waals surface area contributed by atoms with Crippen molar-refractivity contribution in [3.63, 3.8) is 0 Å². The molecule has 1 heterocycles. The average Bonchev–Trinajstić information content (AvgIpc) is 2.41. The summed E-state index contributed by atoms with van der Waals surface area (Å²) < 4.78 is 18.7. The summed E-state index contributed by atoms with van der Waals surface area (Å²) in [4.78, 5) is 4.19. The van der Waals surface area contributed by atoms with E-state index in [2.05, 4.69) is 4.98 Å². The molecule has 100 valence electrons. The van der Waals surface area contributed by atoms with Crippen LogP contribution in [-0.2, 0) is 6.42 Å². The van der Waals surface area contributed by atoms with Crippen LogP contribution in [0.1, 0.15) is 18.9 Å². The third-order valence-corrected chi connectivity index (χ3v) is 2.87. The van der Waals surface area contributed by atoms with Gasteiger partial charge in [0.15, 0.2) is 0 Å². The Hall–Kier alpha value is -1.94. The summed E-state index contributed by atoms with van der Waals surface area (Å²) in [6.07, 6.45) is 3.22. The lowest BCUT2D eigenvalue weighted by Crippen LogP contribution is -2.21. The predicted octanol–water partition coefficient (Wildman–Crippen LogP) is 3.29. The molecule has 1 aromatic carbocycles. The van der Waals surface area contributed by atoms with Crippen LogP contribution in [0.25, 0.3) is 0 Å². The first-order valence-corrected chi connectivity index (χ1v) is 6.32. The lowest BCUT2D eigenvalue weighted by atomic mass is 10.1. The smallest absolute Gasteiger partial charge is 0.222 e. The Kier molecular flexibility index (Phi) is 4.47. The van der Waals surface area contributed by atoms with E-state index < -0.39 is 0 Å². The summed E-state index contributed by atoms with van der Waals surface area (Å²) >= 11 is 0. The standard InChI is InChI=1S/C15H17FN2O/c1-2-13(17)9-11-5-4-8-18-15(11)19-14-7-3-6-12(16)10-14/h3-8,10,13H,2,9,17H2,1H3. The molecule has 1 aromatic heterocycles. The monoisotopic (exact) mass is 260 g/mol. The van der Waals surface area contributed by atoms with E-state index in [9.17, 15) is 4.39 Å². The van der Waals surface area contributed by atoms with Gasteiger partial charge in [-0.1, -0.05) is 19.1 Å². The number of hydrogen-bond donors (Lipinski definition) is 1. The summed E-state index contributed by atoms with van der Waals surface area (Å²) in [5.41, 5.74) is 6.88. The van der Waals surface area contributed by atoms with Gasteiger partial charge in [0.25, 0.3) is 0 Å². The van der Waals surface area contributed by atoms with Crippen molar-refractivity contribution in [3.8, 4) is 11.6 Å². The fourth-order valence-corrected chi connectivity index (χ4v) is 1.74. The number of ether oxygens (including phenoxy) is 1. The van der Waals surface area contributed by atoms with Crippen molar-refractivity contribution in [1.29, 1.82) is 0 Å². The minimum atomic E-state index is -0.333. The molecule has 0 aliphatic heterocycles. The highest BCUT2D eigenvalue weighted by Crippen LogP contribution is 2.24. The lowest BCUT2D eigenvalue weighted by molar-refractivity contribution is 0.448. The molecule has 3 nitrogen and oxygen atoms in total. The molecule has 0 saturated carbocycles. The topological polar surface area (TPSA) is 48.1 Å². The van der Waals surface area contributed by atoms with Gasteiger partial charge in [-0.2, -0.15) is 0 Å². The Bertz CT molecular complexity index is 545. The predicted molar refractivity (Wildman–Crippen MR) is 72.7 cm³/mol. The second-order valence-electron chi connectivity index (χ2n) is 4.40. The third-order valence-electron chi connectivity index (χ3n) is 2.87. The molecule has 0 saturated heterocycles. The number of pyridine rings is 1. The van der Waals surface area contributed by atoms with Gasteiger partial charge in [-0.3, -0.25) is 0 Å². The van der Waals surface area contributed by atoms with Crippen LogP contribution in [0, 0.1) is 5.82 Å². The Morgan fingerprint density at radius 3 is 2.89 bits per heavy atom. The van der Waals surface area contributed by atoms with E-state index in [1.807, 2.05) is 19.1 Å². The van der Waals surface area contributed by atoms with Gasteiger partial charge in [0.05, 0.1) is 0 Å². The molecule has 2 rings (SSSR count). The Morgan fingerprint density at radius 2 is 2.16 bits per heavy atom. The van der Waals surface area contributed by atoms with Crippen molar-refractivity contribution in [3.05, 3.63) is 54.0 Å². The van der Waals surface area contributed by atoms with Crippen molar-refractivity contribution in [2.24, 2.45) is 5.73 Å². The van der Waals surface area contributed by atoms with E-state index in [0.717, 1.165) is 12.0 Å². The first-order chi connectivity index (χ1) is 9.19. The summed E-state index contributed by atoms with van der Waals surface area (Å²) in [5, 5.41) is 0. The fourth-order valence-electron chi connectivity index (χ4n) is 1.74. The maximum atomic E-state index is 13.1. The molecule has 0 bridgehead atoms. The van der Waals surface area contributed by atoms with Crippen molar-refractivity contribution in [1.82, 2.24) is 4.98 Å². The fraction of sp³-hybridized carbons (Fsp3) is 0.267. The molecule has 4 heteroatoms. The minimum absolute atomic E-state index is 0.0686. The molecular formula is C15H17FN2O. The molecular weight excluding hydrogens is 243 g/mol. The van der Waals surface area contributed by atoms with Crippen LogP contribution in [0.5, 0.6) is 11.6 Å². The van der Waals surface area contributed by atoms with Gasteiger partial charge in [0.1, 0.15) is 11.6 Å². The van der Waals surface area contributed by atoms with E-state index in [1.54, 1.807) is 18.3 Å². The zero-order valence-electron chi connectivity index (χ0n) is 10.8. The Balaban J connectivity index is 2.20. The zero-order valence-corrected chi connectivity index (χ0v) is 10.8. The normalized spacial score (nSPS) is 12.2. The number of rotatable bonds is 5. The van der Waals surface area contributed by atoms with E-state index in [0.29, 0.717) is 18.1 Å². The third kappa shape index (κ3) is 3.76. The van der Waals surface area contributed by atoms with Gasteiger partial charge in [-0.15, -0.1) is 0 Å². The van der Waals surface area contributed by atoms with Crippen LogP contribution in [-0.4, -0.2) is 11.0 Å². The second-order valence-corrected chi connectivity index (χ2v) is 4.40. The van der Waals surface area contributed by atoms with E-state index >= 15 is 0 Å². The van der Waals surface area contributed by atoms with E-state index in [-0.39, 0.29) is 11.9 Å². The molecule has 0 aliphatic carbocycles. The van der Waals surface area contributed by atoms with Gasteiger partial charge in [0.2, 0.25) is 5.88 Å². The molecule has 0 amide bonds. The van der Waals surface area contributed by atoms with Crippen LogP contribution >= 0.6 is 0 Å².